The topological polar surface area (TPSA) is 68.4 Å². The molecule has 2 bridgehead atoms. The number of hydrogen-bond acceptors (Lipinski definition) is 5. The van der Waals surface area contributed by atoms with E-state index in [1.807, 2.05) is 0 Å². The van der Waals surface area contributed by atoms with E-state index in [4.69, 9.17) is 9.26 Å². The molecule has 2 fully saturated rings. The van der Waals surface area contributed by atoms with E-state index in [1.54, 1.807) is 0 Å². The highest BCUT2D eigenvalue weighted by molar-refractivity contribution is 5.61. The summed E-state index contributed by atoms with van der Waals surface area (Å²) in [6.07, 6.45) is 3.47. The van der Waals surface area contributed by atoms with Gasteiger partial charge < -0.3 is 14.4 Å². The van der Waals surface area contributed by atoms with Crippen LogP contribution in [-0.4, -0.2) is 27.5 Å². The molecule has 3 heterocycles. The molecule has 5 nitrogen and oxygen atoms in total. The van der Waals surface area contributed by atoms with Gasteiger partial charge in [0.25, 0.3) is 5.89 Å². The number of phenolic OH excluding ortho intramolecular Hbond substituents is 1. The van der Waals surface area contributed by atoms with Gasteiger partial charge in [0, 0.05) is 0 Å². The summed E-state index contributed by atoms with van der Waals surface area (Å²) in [5, 5.41) is 13.7. The second-order valence-electron chi connectivity index (χ2n) is 5.34. The minimum Gasteiger partial charge on any atom is -0.507 e. The van der Waals surface area contributed by atoms with Crippen LogP contribution in [0, 0.1) is 5.82 Å². The minimum atomic E-state index is -0.458. The summed E-state index contributed by atoms with van der Waals surface area (Å²) >= 11 is 0. The highest BCUT2D eigenvalue weighted by atomic mass is 19.1. The van der Waals surface area contributed by atoms with Crippen molar-refractivity contribution in [3.63, 3.8) is 0 Å². The number of benzene rings is 1. The molecular weight excluding hydrogens is 263 g/mol. The number of ether oxygens (including phenoxy) is 1. The van der Waals surface area contributed by atoms with Gasteiger partial charge in [0.05, 0.1) is 23.7 Å². The molecule has 3 atom stereocenters. The molecular formula is C14H13FN2O3. The molecule has 2 aliphatic heterocycles. The Morgan fingerprint density at radius 3 is 2.95 bits per heavy atom. The van der Waals surface area contributed by atoms with Crippen LogP contribution in [0.5, 0.6) is 5.75 Å². The van der Waals surface area contributed by atoms with Gasteiger partial charge in [-0.3, -0.25) is 0 Å². The first kappa shape index (κ1) is 11.8. The van der Waals surface area contributed by atoms with Crippen molar-refractivity contribution in [2.45, 2.75) is 37.4 Å². The highest BCUT2D eigenvalue weighted by Gasteiger charge is 2.43. The summed E-state index contributed by atoms with van der Waals surface area (Å²) in [5.74, 6) is 0.323. The molecule has 3 unspecified atom stereocenters. The molecule has 2 aliphatic rings. The Morgan fingerprint density at radius 2 is 2.20 bits per heavy atom. The van der Waals surface area contributed by atoms with E-state index in [-0.39, 0.29) is 29.2 Å². The number of aromatic nitrogens is 2. The summed E-state index contributed by atoms with van der Waals surface area (Å²) in [7, 11) is 0. The first-order valence-corrected chi connectivity index (χ1v) is 6.68. The van der Waals surface area contributed by atoms with Gasteiger partial charge in [-0.05, 0) is 37.5 Å². The Bertz CT molecular complexity index is 658. The third-order valence-corrected chi connectivity index (χ3v) is 4.07. The molecule has 104 valence electrons. The predicted octanol–water partition coefficient (Wildman–Crippen LogP) is 2.62. The van der Waals surface area contributed by atoms with Crippen LogP contribution in [0.4, 0.5) is 4.39 Å². The van der Waals surface area contributed by atoms with Crippen molar-refractivity contribution in [1.29, 1.82) is 0 Å². The van der Waals surface area contributed by atoms with E-state index >= 15 is 0 Å². The maximum absolute atomic E-state index is 13.2. The van der Waals surface area contributed by atoms with Gasteiger partial charge in [0.1, 0.15) is 11.6 Å². The van der Waals surface area contributed by atoms with Crippen molar-refractivity contribution in [1.82, 2.24) is 10.1 Å². The van der Waals surface area contributed by atoms with Gasteiger partial charge in [-0.25, -0.2) is 4.39 Å². The molecule has 0 radical (unpaired) electrons. The van der Waals surface area contributed by atoms with Crippen LogP contribution >= 0.6 is 0 Å². The first-order valence-electron chi connectivity index (χ1n) is 6.68. The van der Waals surface area contributed by atoms with Crippen molar-refractivity contribution in [2.24, 2.45) is 0 Å². The lowest BCUT2D eigenvalue weighted by molar-refractivity contribution is 0.0996. The molecule has 0 amide bonds. The van der Waals surface area contributed by atoms with Gasteiger partial charge in [-0.2, -0.15) is 4.98 Å². The Balaban J connectivity index is 1.66. The summed E-state index contributed by atoms with van der Waals surface area (Å²) in [6, 6.07) is 3.64. The molecule has 6 heteroatoms. The van der Waals surface area contributed by atoms with E-state index < -0.39 is 5.82 Å². The Hall–Kier alpha value is -1.95. The average molecular weight is 276 g/mol. The van der Waals surface area contributed by atoms with Crippen LogP contribution in [0.1, 0.15) is 31.0 Å². The molecule has 0 saturated carbocycles. The fraction of sp³-hybridized carbons (Fsp3) is 0.429. The zero-order valence-electron chi connectivity index (χ0n) is 10.6. The Morgan fingerprint density at radius 1 is 1.30 bits per heavy atom. The quantitative estimate of drug-likeness (QED) is 0.913. The minimum absolute atomic E-state index is 0.0780. The second kappa shape index (κ2) is 4.28. The van der Waals surface area contributed by atoms with Crippen LogP contribution in [0.15, 0.2) is 22.7 Å². The second-order valence-corrected chi connectivity index (χ2v) is 5.34. The summed E-state index contributed by atoms with van der Waals surface area (Å²) < 4.78 is 24.2. The van der Waals surface area contributed by atoms with Crippen molar-refractivity contribution in [3.8, 4) is 17.2 Å². The molecule has 20 heavy (non-hydrogen) atoms. The van der Waals surface area contributed by atoms with Crippen LogP contribution in [0.25, 0.3) is 11.5 Å². The number of nitrogens with zero attached hydrogens (tertiary/aromatic N) is 2. The van der Waals surface area contributed by atoms with Gasteiger partial charge >= 0.3 is 0 Å². The smallest absolute Gasteiger partial charge is 0.261 e. The van der Waals surface area contributed by atoms with E-state index in [0.717, 1.165) is 19.3 Å². The zero-order valence-corrected chi connectivity index (χ0v) is 10.6. The van der Waals surface area contributed by atoms with E-state index in [2.05, 4.69) is 10.1 Å². The summed E-state index contributed by atoms with van der Waals surface area (Å²) in [4.78, 5) is 4.30. The van der Waals surface area contributed by atoms with Crippen molar-refractivity contribution >= 4 is 0 Å². The average Bonchev–Trinajstić information content (AvgIpc) is 3.15. The number of halogens is 1. The molecule has 0 spiro atoms. The lowest BCUT2D eigenvalue weighted by atomic mass is 9.89. The van der Waals surface area contributed by atoms with Gasteiger partial charge in [-0.1, -0.05) is 5.16 Å². The lowest BCUT2D eigenvalue weighted by Crippen LogP contribution is -2.15. The highest BCUT2D eigenvalue weighted by Crippen LogP contribution is 2.44. The van der Waals surface area contributed by atoms with E-state index in [9.17, 15) is 9.50 Å². The fourth-order valence-corrected chi connectivity index (χ4v) is 3.08. The summed E-state index contributed by atoms with van der Waals surface area (Å²) in [6.45, 7) is 0. The lowest BCUT2D eigenvalue weighted by Gasteiger charge is -2.13. The van der Waals surface area contributed by atoms with Gasteiger partial charge in [0.2, 0.25) is 0 Å². The SMILES string of the molecule is Oc1ccc(F)cc1-c1nc(C2CC3CCC2O3)no1. The largest absolute Gasteiger partial charge is 0.507 e. The first-order chi connectivity index (χ1) is 9.70. The van der Waals surface area contributed by atoms with Crippen molar-refractivity contribution < 1.29 is 18.8 Å². The van der Waals surface area contributed by atoms with Crippen LogP contribution in [0.3, 0.4) is 0 Å². The monoisotopic (exact) mass is 276 g/mol. The fourth-order valence-electron chi connectivity index (χ4n) is 3.08. The maximum atomic E-state index is 13.2. The predicted molar refractivity (Wildman–Crippen MR) is 66.6 cm³/mol. The molecule has 1 aromatic carbocycles. The Kier molecular flexibility index (Phi) is 2.53. The molecule has 1 N–H and O–H groups in total. The molecule has 1 aromatic heterocycles. The summed E-state index contributed by atoms with van der Waals surface area (Å²) in [5.41, 5.74) is 0.216. The third-order valence-electron chi connectivity index (χ3n) is 4.07. The molecule has 2 saturated heterocycles. The number of rotatable bonds is 2. The molecule has 4 rings (SSSR count). The molecule has 2 aromatic rings. The van der Waals surface area contributed by atoms with Gasteiger partial charge in [0.15, 0.2) is 5.82 Å². The maximum Gasteiger partial charge on any atom is 0.261 e. The number of phenols is 1. The van der Waals surface area contributed by atoms with Crippen LogP contribution in [-0.2, 0) is 4.74 Å². The van der Waals surface area contributed by atoms with Crippen LogP contribution < -0.4 is 0 Å². The Labute approximate surface area is 114 Å². The van der Waals surface area contributed by atoms with Crippen molar-refractivity contribution in [3.05, 3.63) is 29.8 Å². The standard InChI is InChI=1S/C14H13FN2O3/c15-7-1-3-11(18)9(5-7)14-16-13(17-20-14)10-6-8-2-4-12(10)19-8/h1,3,5,8,10,12,18H,2,4,6H2. The number of aromatic hydroxyl groups is 1. The van der Waals surface area contributed by atoms with E-state index in [0.29, 0.717) is 11.9 Å². The van der Waals surface area contributed by atoms with Gasteiger partial charge in [-0.15, -0.1) is 0 Å². The van der Waals surface area contributed by atoms with Crippen molar-refractivity contribution in [2.75, 3.05) is 0 Å². The third kappa shape index (κ3) is 1.79. The normalized spacial score (nSPS) is 28.1. The number of hydrogen-bond donors (Lipinski definition) is 1. The zero-order chi connectivity index (χ0) is 13.7. The molecule has 0 aliphatic carbocycles. The van der Waals surface area contributed by atoms with E-state index in [1.165, 1.54) is 18.2 Å². The van der Waals surface area contributed by atoms with Crippen LogP contribution in [0.2, 0.25) is 0 Å². The number of fused-ring (bicyclic) bond motifs is 2.